The first-order valence-electron chi connectivity index (χ1n) is 5.25. The molecule has 0 aromatic heterocycles. The van der Waals surface area contributed by atoms with Crippen LogP contribution >= 0.6 is 0 Å². The maximum Gasteiger partial charge on any atom is 0.104 e. The molecule has 1 aliphatic heterocycles. The van der Waals surface area contributed by atoms with Crippen molar-refractivity contribution in [1.82, 2.24) is 0 Å². The third kappa shape index (κ3) is 3.25. The molecule has 3 nitrogen and oxygen atoms in total. The van der Waals surface area contributed by atoms with Gasteiger partial charge in [-0.2, -0.15) is 0 Å². The van der Waals surface area contributed by atoms with Crippen molar-refractivity contribution in [1.29, 1.82) is 0 Å². The molecule has 1 aliphatic rings. The van der Waals surface area contributed by atoms with Gasteiger partial charge in [0.25, 0.3) is 0 Å². The Kier molecular flexibility index (Phi) is 4.70. The van der Waals surface area contributed by atoms with Crippen molar-refractivity contribution in [3.05, 3.63) is 0 Å². The van der Waals surface area contributed by atoms with Gasteiger partial charge in [0, 0.05) is 19.8 Å². The molecule has 1 saturated heterocycles. The van der Waals surface area contributed by atoms with Crippen molar-refractivity contribution in [2.45, 2.75) is 38.2 Å². The van der Waals surface area contributed by atoms with Crippen LogP contribution in [0, 0.1) is 0 Å². The second-order valence-corrected chi connectivity index (χ2v) is 3.75. The Morgan fingerprint density at radius 1 is 1.54 bits per heavy atom. The number of hydrogen-bond donors (Lipinski definition) is 1. The average Bonchev–Trinajstić information content (AvgIpc) is 2.20. The highest BCUT2D eigenvalue weighted by atomic mass is 16.5. The minimum Gasteiger partial charge on any atom is -0.378 e. The van der Waals surface area contributed by atoms with E-state index in [1.54, 1.807) is 0 Å². The lowest BCUT2D eigenvalue weighted by Crippen LogP contribution is -2.48. The molecule has 1 unspecified atom stereocenters. The monoisotopic (exact) mass is 187 g/mol. The van der Waals surface area contributed by atoms with Gasteiger partial charge in [-0.25, -0.2) is 0 Å². The number of unbranched alkanes of at least 4 members (excludes halogenated alkanes) is 1. The zero-order valence-electron chi connectivity index (χ0n) is 8.55. The van der Waals surface area contributed by atoms with Crippen LogP contribution in [-0.2, 0) is 9.47 Å². The SMILES string of the molecule is CCCCOC1(CN)CCCOC1. The lowest BCUT2D eigenvalue weighted by molar-refractivity contribution is -0.123. The van der Waals surface area contributed by atoms with Gasteiger partial charge in [0.2, 0.25) is 0 Å². The molecule has 2 N–H and O–H groups in total. The van der Waals surface area contributed by atoms with Crippen LogP contribution in [0.25, 0.3) is 0 Å². The van der Waals surface area contributed by atoms with Gasteiger partial charge in [-0.05, 0) is 19.3 Å². The van der Waals surface area contributed by atoms with Crippen LogP contribution in [0.3, 0.4) is 0 Å². The van der Waals surface area contributed by atoms with Crippen LogP contribution in [0.2, 0.25) is 0 Å². The smallest absolute Gasteiger partial charge is 0.104 e. The topological polar surface area (TPSA) is 44.5 Å². The Bertz CT molecular complexity index is 133. The van der Waals surface area contributed by atoms with Gasteiger partial charge in [-0.15, -0.1) is 0 Å². The van der Waals surface area contributed by atoms with E-state index in [1.165, 1.54) is 6.42 Å². The van der Waals surface area contributed by atoms with Gasteiger partial charge >= 0.3 is 0 Å². The summed E-state index contributed by atoms with van der Waals surface area (Å²) in [6.07, 6.45) is 4.40. The standard InChI is InChI=1S/C10H21NO2/c1-2-3-7-13-10(8-11)5-4-6-12-9-10/h2-9,11H2,1H3. The van der Waals surface area contributed by atoms with Crippen molar-refractivity contribution < 1.29 is 9.47 Å². The molecule has 1 heterocycles. The van der Waals surface area contributed by atoms with Gasteiger partial charge < -0.3 is 15.2 Å². The maximum atomic E-state index is 5.81. The summed E-state index contributed by atoms with van der Waals surface area (Å²) in [5.41, 5.74) is 5.54. The van der Waals surface area contributed by atoms with Gasteiger partial charge in [0.1, 0.15) is 5.60 Å². The van der Waals surface area contributed by atoms with Gasteiger partial charge in [0.05, 0.1) is 6.61 Å². The summed E-state index contributed by atoms with van der Waals surface area (Å²) < 4.78 is 11.2. The Hall–Kier alpha value is -0.120. The molecule has 0 spiro atoms. The van der Waals surface area contributed by atoms with E-state index in [0.717, 1.165) is 32.5 Å². The van der Waals surface area contributed by atoms with E-state index in [1.807, 2.05) is 0 Å². The molecule has 0 aliphatic carbocycles. The normalized spacial score (nSPS) is 29.1. The molecular formula is C10H21NO2. The molecule has 1 atom stereocenters. The quantitative estimate of drug-likeness (QED) is 0.660. The van der Waals surface area contributed by atoms with E-state index in [2.05, 4.69) is 6.92 Å². The zero-order valence-corrected chi connectivity index (χ0v) is 8.55. The highest BCUT2D eigenvalue weighted by Crippen LogP contribution is 2.22. The summed E-state index contributed by atoms with van der Waals surface area (Å²) in [5.74, 6) is 0. The first kappa shape index (κ1) is 11.0. The molecular weight excluding hydrogens is 166 g/mol. The minimum absolute atomic E-state index is 0.173. The molecule has 0 aromatic carbocycles. The van der Waals surface area contributed by atoms with E-state index >= 15 is 0 Å². The van der Waals surface area contributed by atoms with Crippen LogP contribution in [0.4, 0.5) is 0 Å². The van der Waals surface area contributed by atoms with Crippen LogP contribution < -0.4 is 5.73 Å². The highest BCUT2D eigenvalue weighted by molar-refractivity contribution is 4.84. The predicted molar refractivity (Wildman–Crippen MR) is 52.7 cm³/mol. The Labute approximate surface area is 80.6 Å². The Morgan fingerprint density at radius 2 is 2.38 bits per heavy atom. The molecule has 1 rings (SSSR count). The first-order chi connectivity index (χ1) is 6.33. The van der Waals surface area contributed by atoms with Crippen molar-refractivity contribution >= 4 is 0 Å². The molecule has 1 fully saturated rings. The third-order valence-corrected chi connectivity index (χ3v) is 2.56. The number of rotatable bonds is 5. The summed E-state index contributed by atoms with van der Waals surface area (Å²) in [5, 5.41) is 0. The first-order valence-corrected chi connectivity index (χ1v) is 5.25. The fraction of sp³-hybridized carbons (Fsp3) is 1.00. The molecule has 0 bridgehead atoms. The summed E-state index contributed by atoms with van der Waals surface area (Å²) >= 11 is 0. The third-order valence-electron chi connectivity index (χ3n) is 2.56. The fourth-order valence-electron chi connectivity index (χ4n) is 1.59. The second-order valence-electron chi connectivity index (χ2n) is 3.75. The van der Waals surface area contributed by atoms with E-state index < -0.39 is 0 Å². The summed E-state index contributed by atoms with van der Waals surface area (Å²) in [4.78, 5) is 0. The Morgan fingerprint density at radius 3 is 2.92 bits per heavy atom. The molecule has 78 valence electrons. The number of hydrogen-bond acceptors (Lipinski definition) is 3. The van der Waals surface area contributed by atoms with Gasteiger partial charge in [-0.3, -0.25) is 0 Å². The summed E-state index contributed by atoms with van der Waals surface area (Å²) in [7, 11) is 0. The predicted octanol–water partition coefficient (Wildman–Crippen LogP) is 1.31. The van der Waals surface area contributed by atoms with Crippen LogP contribution in [0.1, 0.15) is 32.6 Å². The number of nitrogens with two attached hydrogens (primary N) is 1. The minimum atomic E-state index is -0.173. The molecule has 0 saturated carbocycles. The largest absolute Gasteiger partial charge is 0.378 e. The van der Waals surface area contributed by atoms with Crippen molar-refractivity contribution in [3.8, 4) is 0 Å². The van der Waals surface area contributed by atoms with Crippen molar-refractivity contribution in [2.24, 2.45) is 5.73 Å². The van der Waals surface area contributed by atoms with Gasteiger partial charge in [0.15, 0.2) is 0 Å². The summed E-state index contributed by atoms with van der Waals surface area (Å²) in [6.45, 7) is 5.09. The van der Waals surface area contributed by atoms with E-state index in [0.29, 0.717) is 13.2 Å². The van der Waals surface area contributed by atoms with Crippen LogP contribution in [-0.4, -0.2) is 32.0 Å². The highest BCUT2D eigenvalue weighted by Gasteiger charge is 2.32. The van der Waals surface area contributed by atoms with E-state index in [-0.39, 0.29) is 5.60 Å². The molecule has 0 amide bonds. The maximum absolute atomic E-state index is 5.81. The van der Waals surface area contributed by atoms with E-state index in [9.17, 15) is 0 Å². The lowest BCUT2D eigenvalue weighted by Gasteiger charge is -2.35. The summed E-state index contributed by atoms with van der Waals surface area (Å²) in [6, 6.07) is 0. The zero-order chi connectivity index (χ0) is 9.57. The second kappa shape index (κ2) is 5.58. The molecule has 3 heteroatoms. The number of ether oxygens (including phenoxy) is 2. The lowest BCUT2D eigenvalue weighted by atomic mass is 9.96. The molecule has 13 heavy (non-hydrogen) atoms. The van der Waals surface area contributed by atoms with E-state index in [4.69, 9.17) is 15.2 Å². The molecule has 0 radical (unpaired) electrons. The van der Waals surface area contributed by atoms with Crippen molar-refractivity contribution in [2.75, 3.05) is 26.4 Å². The Balaban J connectivity index is 2.29. The van der Waals surface area contributed by atoms with Crippen molar-refractivity contribution in [3.63, 3.8) is 0 Å². The van der Waals surface area contributed by atoms with Crippen LogP contribution in [0.15, 0.2) is 0 Å². The fourth-order valence-corrected chi connectivity index (χ4v) is 1.59. The van der Waals surface area contributed by atoms with Crippen LogP contribution in [0.5, 0.6) is 0 Å². The average molecular weight is 187 g/mol. The molecule has 0 aromatic rings. The van der Waals surface area contributed by atoms with Gasteiger partial charge in [-0.1, -0.05) is 13.3 Å².